The van der Waals surface area contributed by atoms with Gasteiger partial charge >= 0.3 is 0 Å². The summed E-state index contributed by atoms with van der Waals surface area (Å²) < 4.78 is 6.03. The molecule has 4 nitrogen and oxygen atoms in total. The van der Waals surface area contributed by atoms with Crippen LogP contribution in [0.3, 0.4) is 0 Å². The van der Waals surface area contributed by atoms with Crippen LogP contribution < -0.4 is 10.1 Å². The highest BCUT2D eigenvalue weighted by Gasteiger charge is 2.18. The number of hydrogen-bond donors (Lipinski definition) is 1. The average Bonchev–Trinajstić information content (AvgIpc) is 2.82. The van der Waals surface area contributed by atoms with Gasteiger partial charge in [-0.3, -0.25) is 9.69 Å². The van der Waals surface area contributed by atoms with Gasteiger partial charge in [0.15, 0.2) is 6.10 Å². The zero-order chi connectivity index (χ0) is 21.5. The van der Waals surface area contributed by atoms with E-state index in [1.165, 1.54) is 37.9 Å². The maximum absolute atomic E-state index is 12.8. The Morgan fingerprint density at radius 3 is 2.52 bits per heavy atom. The Labute approximate surface area is 185 Å². The second-order valence-electron chi connectivity index (χ2n) is 8.40. The summed E-state index contributed by atoms with van der Waals surface area (Å²) in [5.74, 6) is 0.654. The lowest BCUT2D eigenvalue weighted by Gasteiger charge is -2.26. The van der Waals surface area contributed by atoms with Crippen molar-refractivity contribution in [1.29, 1.82) is 0 Å². The minimum Gasteiger partial charge on any atom is -0.481 e. The molecule has 0 bridgehead atoms. The van der Waals surface area contributed by atoms with Crippen LogP contribution in [0.2, 0.25) is 0 Å². The monoisotopic (exact) mass is 416 g/mol. The summed E-state index contributed by atoms with van der Waals surface area (Å²) in [7, 11) is 0. The van der Waals surface area contributed by atoms with E-state index in [-0.39, 0.29) is 5.91 Å². The first kappa shape index (κ1) is 21.4. The molecule has 0 aromatic heterocycles. The highest BCUT2D eigenvalue weighted by Crippen LogP contribution is 2.22. The summed E-state index contributed by atoms with van der Waals surface area (Å²) in [6.45, 7) is 5.86. The standard InChI is InChI=1S/C27H32N2O2/c1-2-26(31-25-14-13-23-11-4-5-12-24(23)18-25)27(30)28-19-21-9-8-10-22(17-21)20-29-15-6-3-7-16-29/h4-5,8-14,17-18,26H,2-3,6-7,15-16,19-20H2,1H3,(H,28,30)/t26-/m0/s1. The molecule has 31 heavy (non-hydrogen) atoms. The number of likely N-dealkylation sites (tertiary alicyclic amines) is 1. The van der Waals surface area contributed by atoms with E-state index in [1.54, 1.807) is 0 Å². The van der Waals surface area contributed by atoms with Gasteiger partial charge in [0.25, 0.3) is 5.91 Å². The normalized spacial score (nSPS) is 15.5. The summed E-state index contributed by atoms with van der Waals surface area (Å²) in [4.78, 5) is 15.3. The lowest BCUT2D eigenvalue weighted by molar-refractivity contribution is -0.128. The lowest BCUT2D eigenvalue weighted by Crippen LogP contribution is -2.37. The molecule has 3 aromatic rings. The maximum Gasteiger partial charge on any atom is 0.261 e. The van der Waals surface area contributed by atoms with E-state index in [1.807, 2.05) is 37.3 Å². The Morgan fingerprint density at radius 2 is 1.71 bits per heavy atom. The first-order valence-corrected chi connectivity index (χ1v) is 11.4. The van der Waals surface area contributed by atoms with Gasteiger partial charge in [0, 0.05) is 13.1 Å². The summed E-state index contributed by atoms with van der Waals surface area (Å²) in [5.41, 5.74) is 2.44. The number of rotatable bonds is 8. The molecular formula is C27H32N2O2. The fourth-order valence-corrected chi connectivity index (χ4v) is 4.24. The van der Waals surface area contributed by atoms with Gasteiger partial charge in [-0.15, -0.1) is 0 Å². The number of ether oxygens (including phenoxy) is 1. The molecule has 0 radical (unpaired) electrons. The first-order chi connectivity index (χ1) is 15.2. The summed E-state index contributed by atoms with van der Waals surface area (Å²) in [6.07, 6.45) is 4.06. The van der Waals surface area contributed by atoms with Gasteiger partial charge in [-0.05, 0) is 66.4 Å². The lowest BCUT2D eigenvalue weighted by atomic mass is 10.1. The van der Waals surface area contributed by atoms with Gasteiger partial charge in [-0.2, -0.15) is 0 Å². The molecule has 1 amide bonds. The highest BCUT2D eigenvalue weighted by atomic mass is 16.5. The number of nitrogens with zero attached hydrogens (tertiary/aromatic N) is 1. The average molecular weight is 417 g/mol. The molecule has 4 rings (SSSR count). The van der Waals surface area contributed by atoms with Gasteiger partial charge in [0.05, 0.1) is 0 Å². The van der Waals surface area contributed by atoms with Crippen LogP contribution in [0.15, 0.2) is 66.7 Å². The zero-order valence-corrected chi connectivity index (χ0v) is 18.3. The number of carbonyl (C=O) groups is 1. The molecule has 0 unspecified atom stereocenters. The number of benzene rings is 3. The second-order valence-corrected chi connectivity index (χ2v) is 8.40. The number of amides is 1. The Balaban J connectivity index is 1.33. The molecular weight excluding hydrogens is 384 g/mol. The number of nitrogens with one attached hydrogen (secondary N) is 1. The van der Waals surface area contributed by atoms with Crippen LogP contribution in [0.1, 0.15) is 43.7 Å². The number of piperidine rings is 1. The van der Waals surface area contributed by atoms with Crippen LogP contribution in [0, 0.1) is 0 Å². The predicted molar refractivity (Wildman–Crippen MR) is 126 cm³/mol. The van der Waals surface area contributed by atoms with Crippen molar-refractivity contribution in [3.63, 3.8) is 0 Å². The zero-order valence-electron chi connectivity index (χ0n) is 18.3. The maximum atomic E-state index is 12.8. The minimum atomic E-state index is -0.502. The predicted octanol–water partition coefficient (Wildman–Crippen LogP) is 5.30. The Hall–Kier alpha value is -2.85. The van der Waals surface area contributed by atoms with Gasteiger partial charge in [-0.1, -0.05) is 67.9 Å². The van der Waals surface area contributed by atoms with Crippen LogP contribution in [0.25, 0.3) is 10.8 Å². The summed E-state index contributed by atoms with van der Waals surface area (Å²) in [5, 5.41) is 5.34. The molecule has 3 aromatic carbocycles. The molecule has 1 aliphatic rings. The second kappa shape index (κ2) is 10.5. The van der Waals surface area contributed by atoms with Crippen molar-refractivity contribution in [3.8, 4) is 5.75 Å². The third-order valence-corrected chi connectivity index (χ3v) is 5.98. The number of hydrogen-bond acceptors (Lipinski definition) is 3. The van der Waals surface area contributed by atoms with Crippen molar-refractivity contribution >= 4 is 16.7 Å². The van der Waals surface area contributed by atoms with Crippen molar-refractivity contribution in [3.05, 3.63) is 77.9 Å². The van der Waals surface area contributed by atoms with E-state index in [0.717, 1.165) is 28.6 Å². The van der Waals surface area contributed by atoms with Crippen LogP contribution in [-0.4, -0.2) is 30.0 Å². The fourth-order valence-electron chi connectivity index (χ4n) is 4.24. The van der Waals surface area contributed by atoms with E-state index >= 15 is 0 Å². The SMILES string of the molecule is CC[C@H](Oc1ccc2ccccc2c1)C(=O)NCc1cccc(CN2CCCCC2)c1. The van der Waals surface area contributed by atoms with E-state index in [4.69, 9.17) is 4.74 Å². The van der Waals surface area contributed by atoms with Gasteiger partial charge < -0.3 is 10.1 Å². The molecule has 1 fully saturated rings. The summed E-state index contributed by atoms with van der Waals surface area (Å²) >= 11 is 0. The van der Waals surface area contributed by atoms with Crippen LogP contribution in [-0.2, 0) is 17.9 Å². The number of carbonyl (C=O) groups excluding carboxylic acids is 1. The molecule has 1 saturated heterocycles. The third kappa shape index (κ3) is 5.86. The molecule has 4 heteroatoms. The Kier molecular flexibility index (Phi) is 7.21. The topological polar surface area (TPSA) is 41.6 Å². The van der Waals surface area contributed by atoms with Gasteiger partial charge in [0.2, 0.25) is 0 Å². The van der Waals surface area contributed by atoms with Crippen LogP contribution in [0.5, 0.6) is 5.75 Å². The number of fused-ring (bicyclic) bond motifs is 1. The van der Waals surface area contributed by atoms with E-state index in [2.05, 4.69) is 46.6 Å². The first-order valence-electron chi connectivity index (χ1n) is 11.4. The van der Waals surface area contributed by atoms with Gasteiger partial charge in [0.1, 0.15) is 5.75 Å². The molecule has 1 N–H and O–H groups in total. The Morgan fingerprint density at radius 1 is 0.935 bits per heavy atom. The third-order valence-electron chi connectivity index (χ3n) is 5.98. The highest BCUT2D eigenvalue weighted by molar-refractivity contribution is 5.84. The van der Waals surface area contributed by atoms with E-state index < -0.39 is 6.10 Å². The van der Waals surface area contributed by atoms with Crippen molar-refractivity contribution < 1.29 is 9.53 Å². The minimum absolute atomic E-state index is 0.0721. The fraction of sp³-hybridized carbons (Fsp3) is 0.370. The quantitative estimate of drug-likeness (QED) is 0.542. The summed E-state index contributed by atoms with van der Waals surface area (Å²) in [6, 6.07) is 22.7. The Bertz CT molecular complexity index is 1010. The van der Waals surface area contributed by atoms with Crippen LogP contribution >= 0.6 is 0 Å². The molecule has 1 atom stereocenters. The van der Waals surface area contributed by atoms with Gasteiger partial charge in [-0.25, -0.2) is 0 Å². The van der Waals surface area contributed by atoms with Crippen molar-refractivity contribution in [1.82, 2.24) is 10.2 Å². The van der Waals surface area contributed by atoms with Crippen LogP contribution in [0.4, 0.5) is 0 Å². The van der Waals surface area contributed by atoms with Crippen molar-refractivity contribution in [2.45, 2.75) is 51.8 Å². The van der Waals surface area contributed by atoms with E-state index in [0.29, 0.717) is 13.0 Å². The van der Waals surface area contributed by atoms with Crippen molar-refractivity contribution in [2.75, 3.05) is 13.1 Å². The molecule has 0 aliphatic carbocycles. The molecule has 1 heterocycles. The largest absolute Gasteiger partial charge is 0.481 e. The molecule has 162 valence electrons. The molecule has 1 aliphatic heterocycles. The molecule has 0 saturated carbocycles. The van der Waals surface area contributed by atoms with Crippen molar-refractivity contribution in [2.24, 2.45) is 0 Å². The smallest absolute Gasteiger partial charge is 0.261 e. The molecule has 0 spiro atoms. The van der Waals surface area contributed by atoms with E-state index in [9.17, 15) is 4.79 Å².